The van der Waals surface area contributed by atoms with Crippen molar-refractivity contribution in [3.8, 4) is 6.07 Å². The lowest BCUT2D eigenvalue weighted by molar-refractivity contribution is -0.154. The lowest BCUT2D eigenvalue weighted by Crippen LogP contribution is -2.52. The number of hydrogen-bond donors (Lipinski definition) is 1. The number of hydrogen-bond acceptors (Lipinski definition) is 7. The predicted octanol–water partition coefficient (Wildman–Crippen LogP) is 0.899. The number of anilines is 1. The number of carbonyl (C=O) groups excluding carboxylic acids is 2. The average Bonchev–Trinajstić information content (AvgIpc) is 2.54. The molecule has 1 aromatic heterocycles. The molecule has 8 nitrogen and oxygen atoms in total. The topological polar surface area (TPSA) is 108 Å². The summed E-state index contributed by atoms with van der Waals surface area (Å²) in [7, 11) is 1.65. The van der Waals surface area contributed by atoms with Crippen LogP contribution in [-0.4, -0.2) is 47.1 Å². The van der Waals surface area contributed by atoms with Crippen LogP contribution < -0.4 is 10.2 Å². The number of nitrogens with one attached hydrogen (secondary N) is 1. The minimum absolute atomic E-state index is 0.0873. The van der Waals surface area contributed by atoms with Crippen LogP contribution in [0.15, 0.2) is 18.5 Å². The molecule has 1 N–H and O–H groups in total. The van der Waals surface area contributed by atoms with Crippen LogP contribution in [0.5, 0.6) is 0 Å². The molecule has 2 atom stereocenters. The first-order valence-corrected chi connectivity index (χ1v) is 7.60. The molecule has 0 aliphatic carbocycles. The lowest BCUT2D eigenvalue weighted by Gasteiger charge is -2.28. The molecule has 0 fully saturated rings. The molecule has 0 bridgehead atoms. The monoisotopic (exact) mass is 333 g/mol. The fourth-order valence-corrected chi connectivity index (χ4v) is 1.70. The zero-order valence-electron chi connectivity index (χ0n) is 14.6. The molecule has 0 radical (unpaired) electrons. The molecule has 0 unspecified atom stereocenters. The van der Waals surface area contributed by atoms with E-state index in [1.54, 1.807) is 32.4 Å². The summed E-state index contributed by atoms with van der Waals surface area (Å²) < 4.78 is 5.12. The zero-order chi connectivity index (χ0) is 18.3. The molecule has 0 saturated carbocycles. The van der Waals surface area contributed by atoms with Gasteiger partial charge < -0.3 is 15.0 Å². The Bertz CT molecular complexity index is 614. The second-order valence-corrected chi connectivity index (χ2v) is 6.00. The van der Waals surface area contributed by atoms with Gasteiger partial charge in [-0.2, -0.15) is 5.26 Å². The Morgan fingerprint density at radius 1 is 1.38 bits per heavy atom. The highest BCUT2D eigenvalue weighted by Gasteiger charge is 2.32. The molecule has 8 heteroatoms. The largest absolute Gasteiger partial charge is 0.451 e. The number of nitriles is 1. The van der Waals surface area contributed by atoms with E-state index in [4.69, 9.17) is 4.74 Å². The smallest absolute Gasteiger partial charge is 0.326 e. The summed E-state index contributed by atoms with van der Waals surface area (Å²) in [5, 5.41) is 11.8. The van der Waals surface area contributed by atoms with E-state index in [0.717, 1.165) is 0 Å². The number of esters is 1. The van der Waals surface area contributed by atoms with Gasteiger partial charge in [-0.15, -0.1) is 0 Å². The maximum Gasteiger partial charge on any atom is 0.326 e. The van der Waals surface area contributed by atoms with Crippen LogP contribution in [-0.2, 0) is 14.3 Å². The minimum Gasteiger partial charge on any atom is -0.451 e. The van der Waals surface area contributed by atoms with Crippen LogP contribution in [0.1, 0.15) is 27.7 Å². The van der Waals surface area contributed by atoms with E-state index in [9.17, 15) is 14.9 Å². The van der Waals surface area contributed by atoms with Crippen molar-refractivity contribution in [1.29, 1.82) is 5.26 Å². The van der Waals surface area contributed by atoms with E-state index in [1.165, 1.54) is 11.8 Å². The van der Waals surface area contributed by atoms with Gasteiger partial charge in [-0.3, -0.25) is 9.59 Å². The number of rotatable bonds is 7. The van der Waals surface area contributed by atoms with Gasteiger partial charge >= 0.3 is 5.97 Å². The SMILES string of the molecule is CC(C)[C@@](C)(C#N)NC(=O)[C@@H](C)OC(=O)CN(C)c1ncccn1. The fraction of sp³-hybridized carbons (Fsp3) is 0.562. The molecule has 0 spiro atoms. The van der Waals surface area contributed by atoms with Crippen molar-refractivity contribution < 1.29 is 14.3 Å². The minimum atomic E-state index is -1.02. The maximum absolute atomic E-state index is 12.1. The number of nitrogens with zero attached hydrogens (tertiary/aromatic N) is 4. The Kier molecular flexibility index (Phi) is 6.65. The number of likely N-dealkylation sites (N-methyl/N-ethyl adjacent to an activating group) is 1. The van der Waals surface area contributed by atoms with E-state index < -0.39 is 23.5 Å². The number of carbonyl (C=O) groups is 2. The van der Waals surface area contributed by atoms with Crippen molar-refractivity contribution in [3.05, 3.63) is 18.5 Å². The highest BCUT2D eigenvalue weighted by atomic mass is 16.5. The Balaban J connectivity index is 2.58. The van der Waals surface area contributed by atoms with Crippen molar-refractivity contribution in [3.63, 3.8) is 0 Å². The molecule has 1 amide bonds. The Labute approximate surface area is 141 Å². The summed E-state index contributed by atoms with van der Waals surface area (Å²) in [4.78, 5) is 33.6. The van der Waals surface area contributed by atoms with Crippen molar-refractivity contribution in [2.75, 3.05) is 18.5 Å². The van der Waals surface area contributed by atoms with Crippen LogP contribution in [0.4, 0.5) is 5.95 Å². The molecule has 0 aliphatic rings. The van der Waals surface area contributed by atoms with Gasteiger partial charge in [-0.1, -0.05) is 13.8 Å². The van der Waals surface area contributed by atoms with E-state index in [0.29, 0.717) is 5.95 Å². The standard InChI is InChI=1S/C16H23N5O3/c1-11(2)16(4,10-17)20-14(23)12(3)24-13(22)9-21(5)15-18-7-6-8-19-15/h6-8,11-12H,9H2,1-5H3,(H,20,23)/t12-,16-/m1/s1. The van der Waals surface area contributed by atoms with Gasteiger partial charge in [0.05, 0.1) is 6.07 Å². The normalized spacial score (nSPS) is 14.2. The summed E-state index contributed by atoms with van der Waals surface area (Å²) in [5.41, 5.74) is -1.02. The van der Waals surface area contributed by atoms with Crippen LogP contribution in [0.2, 0.25) is 0 Å². The first-order chi connectivity index (χ1) is 11.2. The van der Waals surface area contributed by atoms with Gasteiger partial charge in [0.15, 0.2) is 6.10 Å². The molecule has 130 valence electrons. The van der Waals surface area contributed by atoms with E-state index in [2.05, 4.69) is 21.4 Å². The summed E-state index contributed by atoms with van der Waals surface area (Å²) in [6.07, 6.45) is 2.12. The van der Waals surface area contributed by atoms with Gasteiger partial charge in [0, 0.05) is 19.4 Å². The van der Waals surface area contributed by atoms with Gasteiger partial charge in [0.2, 0.25) is 5.95 Å². The predicted molar refractivity (Wildman–Crippen MR) is 87.9 cm³/mol. The van der Waals surface area contributed by atoms with Gasteiger partial charge in [0.25, 0.3) is 5.91 Å². The summed E-state index contributed by atoms with van der Waals surface area (Å²) in [6.45, 7) is 6.65. The highest BCUT2D eigenvalue weighted by molar-refractivity contribution is 5.85. The molecular weight excluding hydrogens is 310 g/mol. The summed E-state index contributed by atoms with van der Waals surface area (Å²) in [6, 6.07) is 3.74. The third-order valence-corrected chi connectivity index (χ3v) is 3.71. The van der Waals surface area contributed by atoms with Crippen molar-refractivity contribution in [2.24, 2.45) is 5.92 Å². The first kappa shape index (κ1) is 19.4. The lowest BCUT2D eigenvalue weighted by atomic mass is 9.90. The number of amides is 1. The molecule has 0 saturated heterocycles. The summed E-state index contributed by atoms with van der Waals surface area (Å²) in [5.74, 6) is -0.811. The molecular formula is C16H23N5O3. The van der Waals surface area contributed by atoms with Crippen molar-refractivity contribution in [1.82, 2.24) is 15.3 Å². The molecule has 1 aromatic rings. The van der Waals surface area contributed by atoms with Crippen LogP contribution in [0.3, 0.4) is 0 Å². The molecule has 0 aliphatic heterocycles. The second-order valence-electron chi connectivity index (χ2n) is 6.00. The molecule has 1 heterocycles. The highest BCUT2D eigenvalue weighted by Crippen LogP contribution is 2.15. The maximum atomic E-state index is 12.1. The van der Waals surface area contributed by atoms with E-state index >= 15 is 0 Å². The van der Waals surface area contributed by atoms with E-state index in [1.807, 2.05) is 13.8 Å². The van der Waals surface area contributed by atoms with E-state index in [-0.39, 0.29) is 12.5 Å². The van der Waals surface area contributed by atoms with Crippen molar-refractivity contribution >= 4 is 17.8 Å². The second kappa shape index (κ2) is 8.24. The number of ether oxygens (including phenoxy) is 1. The molecule has 1 rings (SSSR count). The third-order valence-electron chi connectivity index (χ3n) is 3.71. The van der Waals surface area contributed by atoms with Gasteiger partial charge in [-0.05, 0) is 25.8 Å². The van der Waals surface area contributed by atoms with Crippen LogP contribution in [0, 0.1) is 17.2 Å². The van der Waals surface area contributed by atoms with Gasteiger partial charge in [0.1, 0.15) is 12.1 Å². The number of aromatic nitrogens is 2. The Morgan fingerprint density at radius 2 is 1.96 bits per heavy atom. The molecule has 24 heavy (non-hydrogen) atoms. The van der Waals surface area contributed by atoms with Gasteiger partial charge in [-0.25, -0.2) is 9.97 Å². The Morgan fingerprint density at radius 3 is 2.46 bits per heavy atom. The van der Waals surface area contributed by atoms with Crippen molar-refractivity contribution in [2.45, 2.75) is 39.3 Å². The fourth-order valence-electron chi connectivity index (χ4n) is 1.70. The average molecular weight is 333 g/mol. The Hall–Kier alpha value is -2.69. The first-order valence-electron chi connectivity index (χ1n) is 7.60. The van der Waals surface area contributed by atoms with Crippen LogP contribution >= 0.6 is 0 Å². The van der Waals surface area contributed by atoms with Crippen LogP contribution in [0.25, 0.3) is 0 Å². The zero-order valence-corrected chi connectivity index (χ0v) is 14.6. The third kappa shape index (κ3) is 5.19. The quantitative estimate of drug-likeness (QED) is 0.738. The molecule has 0 aromatic carbocycles. The summed E-state index contributed by atoms with van der Waals surface area (Å²) >= 11 is 0.